The highest BCUT2D eigenvalue weighted by atomic mass is 35.5. The van der Waals surface area contributed by atoms with Gasteiger partial charge in [0.1, 0.15) is 11.3 Å². The molecule has 0 aliphatic rings. The summed E-state index contributed by atoms with van der Waals surface area (Å²) in [4.78, 5) is 10.5. The van der Waals surface area contributed by atoms with Crippen molar-refractivity contribution in [2.45, 2.75) is 6.10 Å². The molecule has 106 valence electrons. The van der Waals surface area contributed by atoms with E-state index < -0.39 is 53.1 Å². The van der Waals surface area contributed by atoms with Crippen LogP contribution in [0.4, 0.5) is 23.2 Å². The highest BCUT2D eigenvalue weighted by Crippen LogP contribution is 2.28. The summed E-state index contributed by atoms with van der Waals surface area (Å²) in [6, 6.07) is 0. The standard InChI is InChI=1S/C10H8ClF4NO3/c11-1-3(17)2-16-9-7(14)5(12)4(10(18)19)6(13)8(9)15/h3,16-17H,1-2H2,(H,18,19). The molecule has 1 unspecified atom stereocenters. The minimum Gasteiger partial charge on any atom is -0.477 e. The maximum Gasteiger partial charge on any atom is 0.341 e. The van der Waals surface area contributed by atoms with Crippen LogP contribution >= 0.6 is 11.6 Å². The lowest BCUT2D eigenvalue weighted by atomic mass is 10.1. The number of carboxylic acid groups (broad SMARTS) is 1. The van der Waals surface area contributed by atoms with Crippen LogP contribution in [0.2, 0.25) is 0 Å². The minimum absolute atomic E-state index is 0.269. The summed E-state index contributed by atoms with van der Waals surface area (Å²) in [6.07, 6.45) is -1.20. The highest BCUT2D eigenvalue weighted by Gasteiger charge is 2.29. The molecule has 0 heterocycles. The predicted molar refractivity (Wildman–Crippen MR) is 58.4 cm³/mol. The molecule has 0 saturated carbocycles. The van der Waals surface area contributed by atoms with Crippen LogP contribution in [-0.2, 0) is 0 Å². The Morgan fingerprint density at radius 2 is 1.63 bits per heavy atom. The van der Waals surface area contributed by atoms with E-state index in [2.05, 4.69) is 0 Å². The number of carboxylic acids is 1. The largest absolute Gasteiger partial charge is 0.477 e. The van der Waals surface area contributed by atoms with Crippen molar-refractivity contribution >= 4 is 23.3 Å². The van der Waals surface area contributed by atoms with E-state index in [0.29, 0.717) is 0 Å². The molecule has 0 bridgehead atoms. The Morgan fingerprint density at radius 1 is 1.16 bits per heavy atom. The van der Waals surface area contributed by atoms with Gasteiger partial charge in [0, 0.05) is 6.54 Å². The molecule has 1 rings (SSSR count). The van der Waals surface area contributed by atoms with Crippen LogP contribution in [0.5, 0.6) is 0 Å². The van der Waals surface area contributed by atoms with Gasteiger partial charge in [-0.1, -0.05) is 0 Å². The summed E-state index contributed by atoms with van der Waals surface area (Å²) in [6.45, 7) is -0.470. The van der Waals surface area contributed by atoms with Crippen LogP contribution in [0, 0.1) is 23.3 Å². The van der Waals surface area contributed by atoms with Crippen molar-refractivity contribution in [1.82, 2.24) is 0 Å². The molecule has 3 N–H and O–H groups in total. The zero-order chi connectivity index (χ0) is 14.7. The second kappa shape index (κ2) is 6.07. The minimum atomic E-state index is -2.14. The van der Waals surface area contributed by atoms with Crippen LogP contribution in [-0.4, -0.2) is 34.7 Å². The van der Waals surface area contributed by atoms with E-state index in [9.17, 15) is 22.4 Å². The van der Waals surface area contributed by atoms with Gasteiger partial charge in [-0.25, -0.2) is 22.4 Å². The van der Waals surface area contributed by atoms with Crippen LogP contribution in [0.25, 0.3) is 0 Å². The molecule has 1 atom stereocenters. The number of aromatic carboxylic acids is 1. The summed E-state index contributed by atoms with van der Waals surface area (Å²) >= 11 is 5.22. The van der Waals surface area contributed by atoms with Crippen molar-refractivity contribution in [2.75, 3.05) is 17.7 Å². The van der Waals surface area contributed by atoms with Crippen molar-refractivity contribution < 1.29 is 32.6 Å². The fraction of sp³-hybridized carbons (Fsp3) is 0.300. The fourth-order valence-corrected chi connectivity index (χ4v) is 1.36. The third-order valence-electron chi connectivity index (χ3n) is 2.17. The lowest BCUT2D eigenvalue weighted by molar-refractivity contribution is 0.0683. The Hall–Kier alpha value is -1.54. The van der Waals surface area contributed by atoms with E-state index in [4.69, 9.17) is 21.8 Å². The van der Waals surface area contributed by atoms with Crippen LogP contribution < -0.4 is 5.32 Å². The molecule has 19 heavy (non-hydrogen) atoms. The van der Waals surface area contributed by atoms with Gasteiger partial charge in [0.2, 0.25) is 0 Å². The van der Waals surface area contributed by atoms with Gasteiger partial charge in [-0.05, 0) is 0 Å². The van der Waals surface area contributed by atoms with Crippen molar-refractivity contribution in [2.24, 2.45) is 0 Å². The molecule has 0 fully saturated rings. The summed E-state index contributed by atoms with van der Waals surface area (Å²) in [7, 11) is 0. The maximum absolute atomic E-state index is 13.4. The molecule has 0 spiro atoms. The zero-order valence-corrected chi connectivity index (χ0v) is 9.94. The Kier molecular flexibility index (Phi) is 4.96. The number of hydrogen-bond acceptors (Lipinski definition) is 3. The van der Waals surface area contributed by atoms with E-state index in [0.717, 1.165) is 0 Å². The normalized spacial score (nSPS) is 12.3. The number of rotatable bonds is 5. The molecular formula is C10H8ClF4NO3. The molecule has 0 aliphatic heterocycles. The van der Waals surface area contributed by atoms with Crippen molar-refractivity contribution in [1.29, 1.82) is 0 Å². The van der Waals surface area contributed by atoms with Gasteiger partial charge in [-0.3, -0.25) is 0 Å². The zero-order valence-electron chi connectivity index (χ0n) is 9.18. The Morgan fingerprint density at radius 3 is 2.00 bits per heavy atom. The fourth-order valence-electron chi connectivity index (χ4n) is 1.25. The molecule has 4 nitrogen and oxygen atoms in total. The molecule has 0 amide bonds. The predicted octanol–water partition coefficient (Wildman–Crippen LogP) is 1.95. The second-order valence-corrected chi connectivity index (χ2v) is 3.81. The number of aliphatic hydroxyl groups excluding tert-OH is 1. The second-order valence-electron chi connectivity index (χ2n) is 3.50. The Bertz CT molecular complexity index is 483. The first kappa shape index (κ1) is 15.5. The van der Waals surface area contributed by atoms with Crippen molar-refractivity contribution in [3.63, 3.8) is 0 Å². The van der Waals surface area contributed by atoms with E-state index in [1.165, 1.54) is 0 Å². The summed E-state index contributed by atoms with van der Waals surface area (Å²) in [5.41, 5.74) is -2.93. The van der Waals surface area contributed by atoms with Gasteiger partial charge in [0.05, 0.1) is 12.0 Å². The Balaban J connectivity index is 3.24. The number of carbonyl (C=O) groups is 1. The number of benzene rings is 1. The number of nitrogens with one attached hydrogen (secondary N) is 1. The monoisotopic (exact) mass is 301 g/mol. The molecule has 1 aromatic carbocycles. The first-order valence-electron chi connectivity index (χ1n) is 4.88. The van der Waals surface area contributed by atoms with E-state index in [-0.39, 0.29) is 5.88 Å². The van der Waals surface area contributed by atoms with Crippen LogP contribution in [0.15, 0.2) is 0 Å². The van der Waals surface area contributed by atoms with Gasteiger partial charge in [-0.15, -0.1) is 11.6 Å². The molecule has 0 radical (unpaired) electrons. The van der Waals surface area contributed by atoms with Crippen molar-refractivity contribution in [3.05, 3.63) is 28.8 Å². The first-order chi connectivity index (χ1) is 8.81. The molecule has 0 saturated heterocycles. The van der Waals surface area contributed by atoms with Gasteiger partial charge < -0.3 is 15.5 Å². The van der Waals surface area contributed by atoms with Crippen molar-refractivity contribution in [3.8, 4) is 0 Å². The third-order valence-corrected chi connectivity index (χ3v) is 2.53. The van der Waals surface area contributed by atoms with E-state index >= 15 is 0 Å². The number of halogens is 5. The summed E-state index contributed by atoms with van der Waals surface area (Å²) in [5.74, 6) is -10.3. The summed E-state index contributed by atoms with van der Waals surface area (Å²) < 4.78 is 53.3. The topological polar surface area (TPSA) is 69.6 Å². The SMILES string of the molecule is O=C(O)c1c(F)c(F)c(NCC(O)CCl)c(F)c1F. The average molecular weight is 302 g/mol. The molecule has 9 heteroatoms. The number of alkyl halides is 1. The van der Waals surface area contributed by atoms with E-state index in [1.54, 1.807) is 0 Å². The molecule has 0 aromatic heterocycles. The lowest BCUT2D eigenvalue weighted by Gasteiger charge is -2.13. The number of anilines is 1. The highest BCUT2D eigenvalue weighted by molar-refractivity contribution is 6.18. The number of hydrogen-bond donors (Lipinski definition) is 3. The quantitative estimate of drug-likeness (QED) is 0.442. The maximum atomic E-state index is 13.4. The summed E-state index contributed by atoms with van der Waals surface area (Å²) in [5, 5.41) is 19.4. The average Bonchev–Trinajstić information content (AvgIpc) is 2.35. The third kappa shape index (κ3) is 3.07. The van der Waals surface area contributed by atoms with Crippen LogP contribution in [0.1, 0.15) is 10.4 Å². The first-order valence-corrected chi connectivity index (χ1v) is 5.41. The molecule has 0 aliphatic carbocycles. The van der Waals surface area contributed by atoms with Crippen LogP contribution in [0.3, 0.4) is 0 Å². The molecular weight excluding hydrogens is 294 g/mol. The smallest absolute Gasteiger partial charge is 0.341 e. The molecule has 1 aromatic rings. The van der Waals surface area contributed by atoms with Gasteiger partial charge in [0.25, 0.3) is 0 Å². The lowest BCUT2D eigenvalue weighted by Crippen LogP contribution is -2.23. The Labute approximate surface area is 109 Å². The van der Waals surface area contributed by atoms with Gasteiger partial charge >= 0.3 is 5.97 Å². The van der Waals surface area contributed by atoms with Gasteiger partial charge in [0.15, 0.2) is 23.3 Å². The number of aliphatic hydroxyl groups is 1. The van der Waals surface area contributed by atoms with E-state index in [1.807, 2.05) is 5.32 Å². The van der Waals surface area contributed by atoms with Gasteiger partial charge in [-0.2, -0.15) is 0 Å².